The van der Waals surface area contributed by atoms with Gasteiger partial charge in [0.25, 0.3) is 0 Å². The molecule has 2 aromatic rings. The molecule has 0 spiro atoms. The SMILES string of the molecule is N#Cc1cccc(NC(=O)NC2CCN(CCc3ccncc3)CC2)c1. The van der Waals surface area contributed by atoms with E-state index in [-0.39, 0.29) is 12.1 Å². The predicted octanol–water partition coefficient (Wildman–Crippen LogP) is 2.78. The van der Waals surface area contributed by atoms with Crippen LogP contribution in [0.25, 0.3) is 0 Å². The zero-order chi connectivity index (χ0) is 18.2. The minimum atomic E-state index is -0.213. The van der Waals surface area contributed by atoms with Crippen LogP contribution in [0.3, 0.4) is 0 Å². The van der Waals surface area contributed by atoms with Crippen molar-refractivity contribution in [2.75, 3.05) is 25.0 Å². The predicted molar refractivity (Wildman–Crippen MR) is 101 cm³/mol. The van der Waals surface area contributed by atoms with Crippen molar-refractivity contribution >= 4 is 11.7 Å². The lowest BCUT2D eigenvalue weighted by atomic mass is 10.0. The fourth-order valence-electron chi connectivity index (χ4n) is 3.16. The Hall–Kier alpha value is -2.91. The molecular formula is C20H23N5O. The third kappa shape index (κ3) is 5.30. The maximum atomic E-state index is 12.1. The molecule has 0 bridgehead atoms. The highest BCUT2D eigenvalue weighted by atomic mass is 16.2. The van der Waals surface area contributed by atoms with E-state index in [1.54, 1.807) is 24.3 Å². The van der Waals surface area contributed by atoms with Gasteiger partial charge in [0.2, 0.25) is 0 Å². The van der Waals surface area contributed by atoms with E-state index >= 15 is 0 Å². The number of carbonyl (C=O) groups excluding carboxylic acids is 1. The molecule has 0 unspecified atom stereocenters. The van der Waals surface area contributed by atoms with Gasteiger partial charge < -0.3 is 15.5 Å². The molecule has 6 heteroatoms. The zero-order valence-corrected chi connectivity index (χ0v) is 14.7. The molecular weight excluding hydrogens is 326 g/mol. The summed E-state index contributed by atoms with van der Waals surface area (Å²) in [4.78, 5) is 18.6. The summed E-state index contributed by atoms with van der Waals surface area (Å²) in [6.45, 7) is 3.00. The van der Waals surface area contributed by atoms with Crippen molar-refractivity contribution < 1.29 is 4.79 Å². The Morgan fingerprint density at radius 2 is 2.00 bits per heavy atom. The number of carbonyl (C=O) groups is 1. The van der Waals surface area contributed by atoms with Crippen LogP contribution in [0, 0.1) is 11.3 Å². The third-order valence-corrected chi connectivity index (χ3v) is 4.64. The maximum absolute atomic E-state index is 12.1. The molecule has 1 aliphatic heterocycles. The number of piperidine rings is 1. The van der Waals surface area contributed by atoms with Crippen LogP contribution < -0.4 is 10.6 Å². The molecule has 1 aliphatic rings. The monoisotopic (exact) mass is 349 g/mol. The van der Waals surface area contributed by atoms with Gasteiger partial charge in [0, 0.05) is 43.8 Å². The van der Waals surface area contributed by atoms with Crippen LogP contribution in [0.15, 0.2) is 48.8 Å². The molecule has 1 fully saturated rings. The average Bonchev–Trinajstić information content (AvgIpc) is 2.68. The van der Waals surface area contributed by atoms with E-state index in [1.807, 2.05) is 12.4 Å². The van der Waals surface area contributed by atoms with Crippen molar-refractivity contribution in [2.45, 2.75) is 25.3 Å². The van der Waals surface area contributed by atoms with Crippen molar-refractivity contribution in [2.24, 2.45) is 0 Å². The number of likely N-dealkylation sites (tertiary alicyclic amines) is 1. The highest BCUT2D eigenvalue weighted by Gasteiger charge is 2.20. The Bertz CT molecular complexity index is 763. The molecule has 6 nitrogen and oxygen atoms in total. The number of nitrogens with zero attached hydrogens (tertiary/aromatic N) is 3. The van der Waals surface area contributed by atoms with Crippen LogP contribution in [0.1, 0.15) is 24.0 Å². The number of anilines is 1. The Morgan fingerprint density at radius 1 is 1.23 bits per heavy atom. The summed E-state index contributed by atoms with van der Waals surface area (Å²) in [5.74, 6) is 0. The van der Waals surface area contributed by atoms with Gasteiger partial charge in [0.05, 0.1) is 11.6 Å². The van der Waals surface area contributed by atoms with Crippen molar-refractivity contribution in [1.82, 2.24) is 15.2 Å². The van der Waals surface area contributed by atoms with Crippen molar-refractivity contribution in [3.63, 3.8) is 0 Å². The molecule has 2 heterocycles. The molecule has 26 heavy (non-hydrogen) atoms. The Balaban J connectivity index is 1.39. The van der Waals surface area contributed by atoms with E-state index in [9.17, 15) is 4.79 Å². The minimum Gasteiger partial charge on any atom is -0.335 e. The van der Waals surface area contributed by atoms with Crippen LogP contribution in [0.2, 0.25) is 0 Å². The third-order valence-electron chi connectivity index (χ3n) is 4.64. The van der Waals surface area contributed by atoms with Crippen LogP contribution in [-0.2, 0) is 6.42 Å². The van der Waals surface area contributed by atoms with E-state index in [0.717, 1.165) is 38.9 Å². The lowest BCUT2D eigenvalue weighted by molar-refractivity contribution is 0.197. The lowest BCUT2D eigenvalue weighted by Crippen LogP contribution is -2.46. The van der Waals surface area contributed by atoms with Gasteiger partial charge in [-0.25, -0.2) is 4.79 Å². The summed E-state index contributed by atoms with van der Waals surface area (Å²) < 4.78 is 0. The van der Waals surface area contributed by atoms with Crippen LogP contribution >= 0.6 is 0 Å². The molecule has 1 saturated heterocycles. The summed E-state index contributed by atoms with van der Waals surface area (Å²) >= 11 is 0. The number of benzene rings is 1. The summed E-state index contributed by atoms with van der Waals surface area (Å²) in [5, 5.41) is 14.7. The summed E-state index contributed by atoms with van der Waals surface area (Å²) in [6, 6.07) is 13.1. The van der Waals surface area contributed by atoms with Gasteiger partial charge in [-0.15, -0.1) is 0 Å². The number of urea groups is 1. The van der Waals surface area contributed by atoms with Gasteiger partial charge in [-0.1, -0.05) is 6.07 Å². The molecule has 0 saturated carbocycles. The first-order valence-electron chi connectivity index (χ1n) is 8.92. The van der Waals surface area contributed by atoms with Gasteiger partial charge in [-0.05, 0) is 55.2 Å². The van der Waals surface area contributed by atoms with E-state index in [4.69, 9.17) is 5.26 Å². The van der Waals surface area contributed by atoms with E-state index in [0.29, 0.717) is 11.3 Å². The lowest BCUT2D eigenvalue weighted by Gasteiger charge is -2.32. The highest BCUT2D eigenvalue weighted by Crippen LogP contribution is 2.13. The Morgan fingerprint density at radius 3 is 2.73 bits per heavy atom. The van der Waals surface area contributed by atoms with E-state index in [1.165, 1.54) is 5.56 Å². The molecule has 0 aliphatic carbocycles. The first-order valence-corrected chi connectivity index (χ1v) is 8.92. The van der Waals surface area contributed by atoms with Crippen molar-refractivity contribution in [3.05, 3.63) is 59.9 Å². The molecule has 2 amide bonds. The largest absolute Gasteiger partial charge is 0.335 e. The molecule has 3 rings (SSSR count). The summed E-state index contributed by atoms with van der Waals surface area (Å²) in [5.41, 5.74) is 2.47. The number of pyridine rings is 1. The minimum absolute atomic E-state index is 0.186. The van der Waals surface area contributed by atoms with Crippen molar-refractivity contribution in [3.8, 4) is 6.07 Å². The van der Waals surface area contributed by atoms with E-state index in [2.05, 4.69) is 38.7 Å². The number of nitrogens with one attached hydrogen (secondary N) is 2. The number of hydrogen-bond donors (Lipinski definition) is 2. The summed E-state index contributed by atoms with van der Waals surface area (Å²) in [7, 11) is 0. The fourth-order valence-corrected chi connectivity index (χ4v) is 3.16. The zero-order valence-electron chi connectivity index (χ0n) is 14.7. The van der Waals surface area contributed by atoms with Crippen LogP contribution in [-0.4, -0.2) is 41.6 Å². The second-order valence-electron chi connectivity index (χ2n) is 6.51. The summed E-state index contributed by atoms with van der Waals surface area (Å²) in [6.07, 6.45) is 6.58. The van der Waals surface area contributed by atoms with Crippen molar-refractivity contribution in [1.29, 1.82) is 5.26 Å². The molecule has 0 atom stereocenters. The molecule has 2 N–H and O–H groups in total. The number of amides is 2. The van der Waals surface area contributed by atoms with Gasteiger partial charge in [0.15, 0.2) is 0 Å². The number of hydrogen-bond acceptors (Lipinski definition) is 4. The molecule has 0 radical (unpaired) electrons. The Kier molecular flexibility index (Phi) is 6.18. The van der Waals surface area contributed by atoms with Gasteiger partial charge in [0.1, 0.15) is 0 Å². The average molecular weight is 349 g/mol. The molecule has 1 aromatic heterocycles. The Labute approximate surface area is 153 Å². The quantitative estimate of drug-likeness (QED) is 0.870. The normalized spacial score (nSPS) is 15.2. The fraction of sp³-hybridized carbons (Fsp3) is 0.350. The number of rotatable bonds is 5. The highest BCUT2D eigenvalue weighted by molar-refractivity contribution is 5.89. The van der Waals surface area contributed by atoms with Gasteiger partial charge in [-0.2, -0.15) is 5.26 Å². The first-order chi connectivity index (χ1) is 12.7. The molecule has 1 aromatic carbocycles. The van der Waals surface area contributed by atoms with Gasteiger partial charge in [-0.3, -0.25) is 4.98 Å². The number of aromatic nitrogens is 1. The smallest absolute Gasteiger partial charge is 0.319 e. The van der Waals surface area contributed by atoms with Crippen LogP contribution in [0.5, 0.6) is 0 Å². The maximum Gasteiger partial charge on any atom is 0.319 e. The van der Waals surface area contributed by atoms with E-state index < -0.39 is 0 Å². The first kappa shape index (κ1) is 17.9. The topological polar surface area (TPSA) is 81.0 Å². The standard InChI is InChI=1S/C20H23N5O/c21-15-17-2-1-3-19(14-17)24-20(26)23-18-7-12-25(13-8-18)11-6-16-4-9-22-10-5-16/h1-5,9-10,14,18H,6-8,11-13H2,(H2,23,24,26). The number of nitriles is 1. The molecule has 134 valence electrons. The second kappa shape index (κ2) is 8.97. The second-order valence-corrected chi connectivity index (χ2v) is 6.51. The van der Waals surface area contributed by atoms with Gasteiger partial charge >= 0.3 is 6.03 Å². The van der Waals surface area contributed by atoms with Crippen LogP contribution in [0.4, 0.5) is 10.5 Å².